The largest absolute Gasteiger partial charge is 0.478 e. The lowest BCUT2D eigenvalue weighted by atomic mass is 9.74. The molecule has 1 saturated carbocycles. The Morgan fingerprint density at radius 1 is 1.30 bits per heavy atom. The van der Waals surface area contributed by atoms with Gasteiger partial charge in [0.25, 0.3) is 0 Å². The van der Waals surface area contributed by atoms with Gasteiger partial charge in [-0.3, -0.25) is 0 Å². The molecule has 1 aromatic carbocycles. The summed E-state index contributed by atoms with van der Waals surface area (Å²) >= 11 is 0. The highest BCUT2D eigenvalue weighted by atomic mass is 16.4. The minimum Gasteiger partial charge on any atom is -0.478 e. The molecule has 0 amide bonds. The number of aryl methyl sites for hydroxylation is 1. The molecule has 0 heterocycles. The van der Waals surface area contributed by atoms with Gasteiger partial charge < -0.3 is 15.5 Å². The maximum absolute atomic E-state index is 10.9. The summed E-state index contributed by atoms with van der Waals surface area (Å²) in [6.07, 6.45) is 5.73. The van der Waals surface area contributed by atoms with Crippen LogP contribution in [0.1, 0.15) is 48.0 Å². The molecule has 2 rings (SSSR count). The fourth-order valence-corrected chi connectivity index (χ4v) is 2.97. The Hall–Kier alpha value is -1.55. The van der Waals surface area contributed by atoms with Crippen LogP contribution in [0.4, 0.5) is 5.69 Å². The maximum atomic E-state index is 10.9. The fraction of sp³-hybridized carbons (Fsp3) is 0.562. The summed E-state index contributed by atoms with van der Waals surface area (Å²) in [6, 6.07) is 5.11. The predicted molar refractivity (Wildman–Crippen MR) is 79.2 cm³/mol. The first kappa shape index (κ1) is 14.9. The lowest BCUT2D eigenvalue weighted by Crippen LogP contribution is -2.35. The van der Waals surface area contributed by atoms with Crippen LogP contribution in [0, 0.1) is 12.3 Å². The lowest BCUT2D eigenvalue weighted by Gasteiger charge is -2.36. The van der Waals surface area contributed by atoms with E-state index in [0.717, 1.165) is 30.6 Å². The smallest absolute Gasteiger partial charge is 0.335 e. The van der Waals surface area contributed by atoms with Crippen molar-refractivity contribution in [2.24, 2.45) is 5.41 Å². The van der Waals surface area contributed by atoms with Gasteiger partial charge in [-0.15, -0.1) is 0 Å². The molecule has 4 nitrogen and oxygen atoms in total. The zero-order valence-electron chi connectivity index (χ0n) is 12.0. The first-order valence-corrected chi connectivity index (χ1v) is 7.25. The Bertz CT molecular complexity index is 479. The van der Waals surface area contributed by atoms with E-state index < -0.39 is 5.97 Å². The van der Waals surface area contributed by atoms with Crippen molar-refractivity contribution in [2.45, 2.75) is 39.0 Å². The number of hydrogen-bond donors (Lipinski definition) is 3. The highest BCUT2D eigenvalue weighted by Crippen LogP contribution is 2.36. The zero-order valence-corrected chi connectivity index (χ0v) is 12.0. The van der Waals surface area contributed by atoms with Crippen molar-refractivity contribution in [1.29, 1.82) is 0 Å². The Kier molecular flexibility index (Phi) is 4.65. The van der Waals surface area contributed by atoms with Crippen LogP contribution >= 0.6 is 0 Å². The van der Waals surface area contributed by atoms with E-state index >= 15 is 0 Å². The SMILES string of the molecule is Cc1cc(C(=O)O)ccc1NCC1(CO)CCCCC1. The molecule has 1 fully saturated rings. The van der Waals surface area contributed by atoms with Gasteiger partial charge in [0.1, 0.15) is 0 Å². The van der Waals surface area contributed by atoms with Gasteiger partial charge in [-0.05, 0) is 43.5 Å². The third-order valence-electron chi connectivity index (χ3n) is 4.38. The van der Waals surface area contributed by atoms with Crippen LogP contribution < -0.4 is 5.32 Å². The van der Waals surface area contributed by atoms with Crippen LogP contribution in [0.2, 0.25) is 0 Å². The monoisotopic (exact) mass is 277 g/mol. The molecule has 4 heteroatoms. The van der Waals surface area contributed by atoms with Gasteiger partial charge in [-0.2, -0.15) is 0 Å². The van der Waals surface area contributed by atoms with Crippen LogP contribution in [0.25, 0.3) is 0 Å². The van der Waals surface area contributed by atoms with Crippen LogP contribution in [0.3, 0.4) is 0 Å². The summed E-state index contributed by atoms with van der Waals surface area (Å²) in [6.45, 7) is 2.87. The summed E-state index contributed by atoms with van der Waals surface area (Å²) in [5, 5.41) is 22.0. The molecule has 1 aromatic rings. The number of carboxylic acid groups (broad SMARTS) is 1. The first-order valence-electron chi connectivity index (χ1n) is 7.25. The number of carbonyl (C=O) groups is 1. The topological polar surface area (TPSA) is 69.6 Å². The molecule has 0 aliphatic heterocycles. The summed E-state index contributed by atoms with van der Waals surface area (Å²) in [4.78, 5) is 10.9. The van der Waals surface area contributed by atoms with Gasteiger partial charge in [0.15, 0.2) is 0 Å². The maximum Gasteiger partial charge on any atom is 0.335 e. The van der Waals surface area contributed by atoms with Gasteiger partial charge in [0.05, 0.1) is 12.2 Å². The Morgan fingerprint density at radius 2 is 2.00 bits per heavy atom. The van der Waals surface area contributed by atoms with Gasteiger partial charge >= 0.3 is 5.97 Å². The number of rotatable bonds is 5. The molecule has 0 spiro atoms. The zero-order chi connectivity index (χ0) is 14.6. The fourth-order valence-electron chi connectivity index (χ4n) is 2.97. The number of aromatic carboxylic acids is 1. The number of aliphatic hydroxyl groups excluding tert-OH is 1. The Balaban J connectivity index is 2.04. The van der Waals surface area contributed by atoms with Gasteiger partial charge in [-0.1, -0.05) is 19.3 Å². The van der Waals surface area contributed by atoms with Crippen LogP contribution in [0.15, 0.2) is 18.2 Å². The summed E-state index contributed by atoms with van der Waals surface area (Å²) < 4.78 is 0. The second kappa shape index (κ2) is 6.27. The van der Waals surface area contributed by atoms with Crippen molar-refractivity contribution < 1.29 is 15.0 Å². The van der Waals surface area contributed by atoms with E-state index in [0.29, 0.717) is 5.56 Å². The third kappa shape index (κ3) is 3.31. The minimum atomic E-state index is -0.904. The van der Waals surface area contributed by atoms with Crippen molar-refractivity contribution in [3.8, 4) is 0 Å². The molecular formula is C16H23NO3. The lowest BCUT2D eigenvalue weighted by molar-refractivity contribution is 0.0697. The van der Waals surface area contributed by atoms with E-state index in [9.17, 15) is 9.90 Å². The predicted octanol–water partition coefficient (Wildman–Crippen LogP) is 3.05. The van der Waals surface area contributed by atoms with Crippen LogP contribution in [-0.4, -0.2) is 29.3 Å². The number of aliphatic hydroxyl groups is 1. The van der Waals surface area contributed by atoms with E-state index in [4.69, 9.17) is 5.11 Å². The highest BCUT2D eigenvalue weighted by Gasteiger charge is 2.31. The molecular weight excluding hydrogens is 254 g/mol. The van der Waals surface area contributed by atoms with E-state index in [-0.39, 0.29) is 12.0 Å². The second-order valence-electron chi connectivity index (χ2n) is 5.91. The van der Waals surface area contributed by atoms with Gasteiger partial charge in [-0.25, -0.2) is 4.79 Å². The van der Waals surface area contributed by atoms with E-state index in [2.05, 4.69) is 5.32 Å². The molecule has 1 aliphatic rings. The Labute approximate surface area is 119 Å². The van der Waals surface area contributed by atoms with Crippen molar-refractivity contribution in [2.75, 3.05) is 18.5 Å². The highest BCUT2D eigenvalue weighted by molar-refractivity contribution is 5.88. The molecule has 0 radical (unpaired) electrons. The number of carboxylic acids is 1. The molecule has 0 bridgehead atoms. The Morgan fingerprint density at radius 3 is 2.55 bits per heavy atom. The number of hydrogen-bond acceptors (Lipinski definition) is 3. The summed E-state index contributed by atoms with van der Waals surface area (Å²) in [7, 11) is 0. The van der Waals surface area contributed by atoms with E-state index in [1.165, 1.54) is 19.3 Å². The summed E-state index contributed by atoms with van der Waals surface area (Å²) in [5.74, 6) is -0.904. The standard InChI is InChI=1S/C16H23NO3/c1-12-9-13(15(19)20)5-6-14(12)17-10-16(11-18)7-3-2-4-8-16/h5-6,9,17-18H,2-4,7-8,10-11H2,1H3,(H,19,20). The average molecular weight is 277 g/mol. The summed E-state index contributed by atoms with van der Waals surface area (Å²) in [5.41, 5.74) is 2.17. The van der Waals surface area contributed by atoms with Crippen molar-refractivity contribution >= 4 is 11.7 Å². The first-order chi connectivity index (χ1) is 9.56. The molecule has 3 N–H and O–H groups in total. The molecule has 0 atom stereocenters. The molecule has 110 valence electrons. The molecule has 1 aliphatic carbocycles. The third-order valence-corrected chi connectivity index (χ3v) is 4.38. The van der Waals surface area contributed by atoms with Crippen LogP contribution in [-0.2, 0) is 0 Å². The number of benzene rings is 1. The normalized spacial score (nSPS) is 17.7. The van der Waals surface area contributed by atoms with Gasteiger partial charge in [0, 0.05) is 17.6 Å². The van der Waals surface area contributed by atoms with Gasteiger partial charge in [0.2, 0.25) is 0 Å². The van der Waals surface area contributed by atoms with Crippen LogP contribution in [0.5, 0.6) is 0 Å². The van der Waals surface area contributed by atoms with Crippen molar-refractivity contribution in [3.63, 3.8) is 0 Å². The molecule has 20 heavy (non-hydrogen) atoms. The van der Waals surface area contributed by atoms with Crippen molar-refractivity contribution in [3.05, 3.63) is 29.3 Å². The number of anilines is 1. The van der Waals surface area contributed by atoms with E-state index in [1.54, 1.807) is 12.1 Å². The van der Waals surface area contributed by atoms with E-state index in [1.807, 2.05) is 13.0 Å². The molecule has 0 aromatic heterocycles. The average Bonchev–Trinajstić information content (AvgIpc) is 2.47. The number of nitrogens with one attached hydrogen (secondary N) is 1. The molecule has 0 unspecified atom stereocenters. The minimum absolute atomic E-state index is 0.0177. The second-order valence-corrected chi connectivity index (χ2v) is 5.91. The molecule has 0 saturated heterocycles. The van der Waals surface area contributed by atoms with Crippen molar-refractivity contribution in [1.82, 2.24) is 0 Å². The quantitative estimate of drug-likeness (QED) is 0.773.